The number of carbonyl (C=O) groups is 1. The summed E-state index contributed by atoms with van der Waals surface area (Å²) in [6.07, 6.45) is 2.68. The lowest BCUT2D eigenvalue weighted by atomic mass is 9.83. The number of nitrogens with zero attached hydrogens (tertiary/aromatic N) is 1. The van der Waals surface area contributed by atoms with Gasteiger partial charge in [0.25, 0.3) is 5.91 Å². The standard InChI is InChI=1S/C9H18BNO3/c1-4-5-6-10-13-7-8(14-10)9(12)11(2)3/h8H,4-7H2,1-3H3/t8-/m1/s1. The number of unbranched alkanes of at least 4 members (excludes halogenated alkanes) is 1. The molecule has 1 atom stereocenters. The molecular formula is C9H18BNO3. The molecule has 0 aromatic carbocycles. The monoisotopic (exact) mass is 199 g/mol. The molecular weight excluding hydrogens is 181 g/mol. The van der Waals surface area contributed by atoms with Gasteiger partial charge in [0, 0.05) is 14.1 Å². The topological polar surface area (TPSA) is 38.8 Å². The van der Waals surface area contributed by atoms with Crippen LogP contribution in [0.3, 0.4) is 0 Å². The molecule has 4 nitrogen and oxygen atoms in total. The van der Waals surface area contributed by atoms with Crippen LogP contribution in [0, 0.1) is 0 Å². The number of likely N-dealkylation sites (N-methyl/N-ethyl adjacent to an activating group) is 1. The van der Waals surface area contributed by atoms with Crippen molar-refractivity contribution in [2.75, 3.05) is 20.7 Å². The van der Waals surface area contributed by atoms with Gasteiger partial charge in [0.2, 0.25) is 0 Å². The van der Waals surface area contributed by atoms with Gasteiger partial charge in [0.15, 0.2) is 0 Å². The molecule has 0 saturated carbocycles. The molecule has 0 aromatic rings. The largest absolute Gasteiger partial charge is 0.457 e. The number of rotatable bonds is 4. The van der Waals surface area contributed by atoms with E-state index in [2.05, 4.69) is 6.92 Å². The Hall–Kier alpha value is -0.545. The third kappa shape index (κ3) is 2.99. The van der Waals surface area contributed by atoms with Crippen molar-refractivity contribution in [3.8, 4) is 0 Å². The van der Waals surface area contributed by atoms with Crippen LogP contribution in [0.2, 0.25) is 6.32 Å². The fraction of sp³-hybridized carbons (Fsp3) is 0.889. The number of amides is 1. The van der Waals surface area contributed by atoms with E-state index >= 15 is 0 Å². The molecule has 5 heteroatoms. The Balaban J connectivity index is 2.30. The Labute approximate surface area is 85.7 Å². The minimum atomic E-state index is -0.396. The molecule has 0 N–H and O–H groups in total. The molecule has 1 aliphatic rings. The summed E-state index contributed by atoms with van der Waals surface area (Å²) in [4.78, 5) is 13.0. The minimum absolute atomic E-state index is 0.0102. The zero-order valence-corrected chi connectivity index (χ0v) is 9.16. The van der Waals surface area contributed by atoms with E-state index in [0.29, 0.717) is 6.61 Å². The predicted molar refractivity (Wildman–Crippen MR) is 55.0 cm³/mol. The number of hydrogen-bond donors (Lipinski definition) is 0. The van der Waals surface area contributed by atoms with Gasteiger partial charge in [0.05, 0.1) is 6.61 Å². The van der Waals surface area contributed by atoms with Crippen LogP contribution in [-0.4, -0.2) is 44.7 Å². The van der Waals surface area contributed by atoms with E-state index < -0.39 is 6.10 Å². The van der Waals surface area contributed by atoms with E-state index in [-0.39, 0.29) is 13.0 Å². The summed E-state index contributed by atoms with van der Waals surface area (Å²) < 4.78 is 10.8. The van der Waals surface area contributed by atoms with E-state index in [1.807, 2.05) is 0 Å². The van der Waals surface area contributed by atoms with Gasteiger partial charge in [-0.05, 0) is 6.32 Å². The summed E-state index contributed by atoms with van der Waals surface area (Å²) in [5, 5.41) is 0. The van der Waals surface area contributed by atoms with Crippen LogP contribution in [0.4, 0.5) is 0 Å². The quantitative estimate of drug-likeness (QED) is 0.628. The zero-order valence-electron chi connectivity index (χ0n) is 9.16. The highest BCUT2D eigenvalue weighted by Gasteiger charge is 2.35. The van der Waals surface area contributed by atoms with Crippen molar-refractivity contribution < 1.29 is 14.1 Å². The first kappa shape index (κ1) is 11.5. The Kier molecular flexibility index (Phi) is 4.42. The smallest absolute Gasteiger partial charge is 0.408 e. The highest BCUT2D eigenvalue weighted by molar-refractivity contribution is 6.45. The van der Waals surface area contributed by atoms with Crippen molar-refractivity contribution >= 4 is 13.0 Å². The highest BCUT2D eigenvalue weighted by atomic mass is 16.6. The van der Waals surface area contributed by atoms with Crippen LogP contribution in [-0.2, 0) is 14.1 Å². The van der Waals surface area contributed by atoms with E-state index in [1.54, 1.807) is 14.1 Å². The number of carbonyl (C=O) groups excluding carboxylic acids is 1. The third-order valence-electron chi connectivity index (χ3n) is 2.26. The van der Waals surface area contributed by atoms with Crippen LogP contribution in [0.1, 0.15) is 19.8 Å². The molecule has 1 fully saturated rings. The maximum absolute atomic E-state index is 11.5. The predicted octanol–water partition coefficient (Wildman–Crippen LogP) is 0.778. The van der Waals surface area contributed by atoms with Crippen LogP contribution in [0.25, 0.3) is 0 Å². The summed E-state index contributed by atoms with van der Waals surface area (Å²) >= 11 is 0. The average Bonchev–Trinajstić information content (AvgIpc) is 2.61. The van der Waals surface area contributed by atoms with Crippen molar-refractivity contribution in [1.82, 2.24) is 4.90 Å². The second-order valence-corrected chi connectivity index (χ2v) is 3.76. The summed E-state index contributed by atoms with van der Waals surface area (Å²) in [5.74, 6) is -0.0102. The molecule has 1 saturated heterocycles. The number of hydrogen-bond acceptors (Lipinski definition) is 3. The molecule has 0 aliphatic carbocycles. The second-order valence-electron chi connectivity index (χ2n) is 3.76. The molecule has 1 rings (SSSR count). The molecule has 0 aromatic heterocycles. The Morgan fingerprint density at radius 3 is 2.86 bits per heavy atom. The molecule has 14 heavy (non-hydrogen) atoms. The molecule has 0 radical (unpaired) electrons. The van der Waals surface area contributed by atoms with Crippen LogP contribution < -0.4 is 0 Å². The average molecular weight is 199 g/mol. The van der Waals surface area contributed by atoms with Crippen molar-refractivity contribution in [3.63, 3.8) is 0 Å². The SMILES string of the molecule is CCCCB1OC[C@H](C(=O)N(C)C)O1. The third-order valence-corrected chi connectivity index (χ3v) is 2.26. The van der Waals surface area contributed by atoms with Gasteiger partial charge in [0.1, 0.15) is 6.10 Å². The first-order valence-electron chi connectivity index (χ1n) is 5.13. The van der Waals surface area contributed by atoms with Gasteiger partial charge in [-0.15, -0.1) is 0 Å². The van der Waals surface area contributed by atoms with E-state index in [0.717, 1.165) is 19.2 Å². The summed E-state index contributed by atoms with van der Waals surface area (Å²) in [6, 6.07) is 0. The summed E-state index contributed by atoms with van der Waals surface area (Å²) in [6.45, 7) is 2.52. The maximum atomic E-state index is 11.5. The first-order chi connectivity index (χ1) is 6.65. The van der Waals surface area contributed by atoms with Gasteiger partial charge in [-0.3, -0.25) is 4.79 Å². The molecule has 0 spiro atoms. The zero-order chi connectivity index (χ0) is 10.6. The van der Waals surface area contributed by atoms with Gasteiger partial charge < -0.3 is 14.2 Å². The fourth-order valence-corrected chi connectivity index (χ4v) is 1.40. The first-order valence-corrected chi connectivity index (χ1v) is 5.13. The van der Waals surface area contributed by atoms with Crippen molar-refractivity contribution in [1.29, 1.82) is 0 Å². The summed E-state index contributed by atoms with van der Waals surface area (Å²) in [7, 11) is 3.28. The van der Waals surface area contributed by atoms with Gasteiger partial charge in [-0.2, -0.15) is 0 Å². The van der Waals surface area contributed by atoms with Crippen molar-refractivity contribution in [3.05, 3.63) is 0 Å². The van der Waals surface area contributed by atoms with Crippen LogP contribution in [0.5, 0.6) is 0 Å². The molecule has 1 heterocycles. The van der Waals surface area contributed by atoms with Crippen molar-refractivity contribution in [2.24, 2.45) is 0 Å². The van der Waals surface area contributed by atoms with Gasteiger partial charge >= 0.3 is 7.12 Å². The van der Waals surface area contributed by atoms with E-state index in [4.69, 9.17) is 9.31 Å². The lowest BCUT2D eigenvalue weighted by molar-refractivity contribution is -0.135. The lowest BCUT2D eigenvalue weighted by Crippen LogP contribution is -2.35. The van der Waals surface area contributed by atoms with Gasteiger partial charge in [-0.25, -0.2) is 0 Å². The molecule has 0 bridgehead atoms. The molecule has 0 unspecified atom stereocenters. The Morgan fingerprint density at radius 2 is 2.29 bits per heavy atom. The highest BCUT2D eigenvalue weighted by Crippen LogP contribution is 2.15. The normalized spacial score (nSPS) is 21.4. The fourth-order valence-electron chi connectivity index (χ4n) is 1.40. The molecule has 1 amide bonds. The van der Waals surface area contributed by atoms with Gasteiger partial charge in [-0.1, -0.05) is 19.8 Å². The maximum Gasteiger partial charge on any atom is 0.457 e. The Morgan fingerprint density at radius 1 is 1.57 bits per heavy atom. The molecule has 80 valence electrons. The van der Waals surface area contributed by atoms with E-state index in [9.17, 15) is 4.79 Å². The Bertz CT molecular complexity index is 198. The van der Waals surface area contributed by atoms with Crippen molar-refractivity contribution in [2.45, 2.75) is 32.2 Å². The van der Waals surface area contributed by atoms with Crippen LogP contribution >= 0.6 is 0 Å². The second kappa shape index (κ2) is 5.36. The molecule has 1 aliphatic heterocycles. The van der Waals surface area contributed by atoms with E-state index in [1.165, 1.54) is 4.90 Å². The van der Waals surface area contributed by atoms with Crippen LogP contribution in [0.15, 0.2) is 0 Å². The summed E-state index contributed by atoms with van der Waals surface area (Å²) in [5.41, 5.74) is 0. The lowest BCUT2D eigenvalue weighted by Gasteiger charge is -2.14. The minimum Gasteiger partial charge on any atom is -0.408 e.